The SMILES string of the molecule is CC1CCCC(OCC(O)CNCCCC(N)=O)C1. The minimum Gasteiger partial charge on any atom is -0.389 e. The summed E-state index contributed by atoms with van der Waals surface area (Å²) in [5, 5.41) is 12.9. The van der Waals surface area contributed by atoms with Crippen molar-refractivity contribution in [2.45, 2.75) is 57.7 Å². The summed E-state index contributed by atoms with van der Waals surface area (Å²) in [5.74, 6) is 0.458. The van der Waals surface area contributed by atoms with E-state index in [4.69, 9.17) is 10.5 Å². The molecule has 19 heavy (non-hydrogen) atoms. The van der Waals surface area contributed by atoms with Gasteiger partial charge in [-0.25, -0.2) is 0 Å². The fraction of sp³-hybridized carbons (Fsp3) is 0.929. The molecule has 4 N–H and O–H groups in total. The van der Waals surface area contributed by atoms with Crippen LogP contribution in [-0.4, -0.2) is 42.9 Å². The molecular weight excluding hydrogens is 244 g/mol. The van der Waals surface area contributed by atoms with Crippen LogP contribution in [0, 0.1) is 5.92 Å². The highest BCUT2D eigenvalue weighted by molar-refractivity contribution is 5.73. The molecule has 0 spiro atoms. The van der Waals surface area contributed by atoms with Gasteiger partial charge in [0.05, 0.1) is 18.8 Å². The first kappa shape index (κ1) is 16.4. The maximum Gasteiger partial charge on any atom is 0.217 e. The van der Waals surface area contributed by atoms with Gasteiger partial charge in [0, 0.05) is 13.0 Å². The second-order valence-electron chi connectivity index (χ2n) is 5.65. The summed E-state index contributed by atoms with van der Waals surface area (Å²) in [6.07, 6.45) is 5.68. The lowest BCUT2D eigenvalue weighted by Crippen LogP contribution is -2.33. The van der Waals surface area contributed by atoms with Gasteiger partial charge in [-0.15, -0.1) is 0 Å². The molecule has 3 atom stereocenters. The van der Waals surface area contributed by atoms with E-state index in [9.17, 15) is 9.90 Å². The molecule has 5 heteroatoms. The van der Waals surface area contributed by atoms with Crippen LogP contribution in [-0.2, 0) is 9.53 Å². The molecule has 1 amide bonds. The van der Waals surface area contributed by atoms with Crippen LogP contribution in [0.15, 0.2) is 0 Å². The smallest absolute Gasteiger partial charge is 0.217 e. The summed E-state index contributed by atoms with van der Waals surface area (Å²) in [7, 11) is 0. The highest BCUT2D eigenvalue weighted by Gasteiger charge is 2.20. The Bertz CT molecular complexity index is 261. The Balaban J connectivity index is 1.98. The van der Waals surface area contributed by atoms with Crippen molar-refractivity contribution in [2.24, 2.45) is 11.7 Å². The predicted octanol–water partition coefficient (Wildman–Crippen LogP) is 0.798. The molecule has 1 rings (SSSR count). The summed E-state index contributed by atoms with van der Waals surface area (Å²) in [6.45, 7) is 3.84. The molecule has 0 bridgehead atoms. The van der Waals surface area contributed by atoms with Crippen LogP contribution in [0.1, 0.15) is 45.4 Å². The molecule has 1 aliphatic carbocycles. The average Bonchev–Trinajstić information content (AvgIpc) is 2.35. The third-order valence-electron chi connectivity index (χ3n) is 3.57. The minimum absolute atomic E-state index is 0.280. The van der Waals surface area contributed by atoms with E-state index in [0.29, 0.717) is 38.6 Å². The average molecular weight is 272 g/mol. The lowest BCUT2D eigenvalue weighted by molar-refractivity contribution is -0.118. The number of ether oxygens (including phenoxy) is 1. The highest BCUT2D eigenvalue weighted by atomic mass is 16.5. The molecule has 3 unspecified atom stereocenters. The zero-order valence-electron chi connectivity index (χ0n) is 11.9. The molecule has 112 valence electrons. The molecule has 1 fully saturated rings. The van der Waals surface area contributed by atoms with Crippen molar-refractivity contribution in [3.63, 3.8) is 0 Å². The number of aliphatic hydroxyl groups is 1. The Labute approximate surface area is 115 Å². The fourth-order valence-electron chi connectivity index (χ4n) is 2.49. The lowest BCUT2D eigenvalue weighted by atomic mass is 9.89. The number of amides is 1. The Morgan fingerprint density at radius 2 is 2.32 bits per heavy atom. The van der Waals surface area contributed by atoms with Gasteiger partial charge in [-0.1, -0.05) is 19.8 Å². The van der Waals surface area contributed by atoms with E-state index in [0.717, 1.165) is 18.8 Å². The summed E-state index contributed by atoms with van der Waals surface area (Å²) < 4.78 is 5.75. The van der Waals surface area contributed by atoms with E-state index in [2.05, 4.69) is 12.2 Å². The molecule has 0 heterocycles. The van der Waals surface area contributed by atoms with Crippen LogP contribution in [0.5, 0.6) is 0 Å². The molecule has 0 aromatic heterocycles. The van der Waals surface area contributed by atoms with E-state index in [1.807, 2.05) is 0 Å². The summed E-state index contributed by atoms with van der Waals surface area (Å²) >= 11 is 0. The first-order valence-corrected chi connectivity index (χ1v) is 7.36. The zero-order chi connectivity index (χ0) is 14.1. The number of nitrogens with one attached hydrogen (secondary N) is 1. The Kier molecular flexibility index (Phi) is 8.02. The highest BCUT2D eigenvalue weighted by Crippen LogP contribution is 2.25. The molecular formula is C14H28N2O3. The minimum atomic E-state index is -0.481. The maximum absolute atomic E-state index is 10.5. The fourth-order valence-corrected chi connectivity index (χ4v) is 2.49. The number of nitrogens with two attached hydrogens (primary N) is 1. The van der Waals surface area contributed by atoms with Crippen LogP contribution in [0.4, 0.5) is 0 Å². The van der Waals surface area contributed by atoms with Gasteiger partial charge in [0.1, 0.15) is 0 Å². The number of aliphatic hydroxyl groups excluding tert-OH is 1. The Morgan fingerprint density at radius 3 is 3.00 bits per heavy atom. The van der Waals surface area contributed by atoms with Crippen LogP contribution >= 0.6 is 0 Å². The Morgan fingerprint density at radius 1 is 1.53 bits per heavy atom. The lowest BCUT2D eigenvalue weighted by Gasteiger charge is -2.27. The van der Waals surface area contributed by atoms with Crippen molar-refractivity contribution >= 4 is 5.91 Å². The van der Waals surface area contributed by atoms with Crippen molar-refractivity contribution < 1.29 is 14.6 Å². The Hall–Kier alpha value is -0.650. The van der Waals surface area contributed by atoms with E-state index in [1.165, 1.54) is 12.8 Å². The molecule has 0 radical (unpaired) electrons. The summed E-state index contributed by atoms with van der Waals surface area (Å²) in [5.41, 5.74) is 5.04. The predicted molar refractivity (Wildman–Crippen MR) is 74.7 cm³/mol. The number of rotatable bonds is 9. The van der Waals surface area contributed by atoms with Gasteiger partial charge in [0.25, 0.3) is 0 Å². The van der Waals surface area contributed by atoms with Crippen LogP contribution in [0.3, 0.4) is 0 Å². The van der Waals surface area contributed by atoms with Crippen molar-refractivity contribution in [3.8, 4) is 0 Å². The molecule has 1 saturated carbocycles. The number of carbonyl (C=O) groups excluding carboxylic acids is 1. The number of hydrogen-bond acceptors (Lipinski definition) is 4. The van der Waals surface area contributed by atoms with Crippen LogP contribution in [0.2, 0.25) is 0 Å². The molecule has 1 aliphatic rings. The van der Waals surface area contributed by atoms with Crippen molar-refractivity contribution in [3.05, 3.63) is 0 Å². The van der Waals surface area contributed by atoms with Gasteiger partial charge >= 0.3 is 0 Å². The molecule has 0 aromatic rings. The third kappa shape index (κ3) is 8.18. The number of hydrogen-bond donors (Lipinski definition) is 3. The summed E-state index contributed by atoms with van der Waals surface area (Å²) in [6, 6.07) is 0. The molecule has 0 aromatic carbocycles. The van der Waals surface area contributed by atoms with Gasteiger partial charge < -0.3 is 20.9 Å². The second kappa shape index (κ2) is 9.28. The topological polar surface area (TPSA) is 84.6 Å². The first-order chi connectivity index (χ1) is 9.08. The van der Waals surface area contributed by atoms with E-state index in [1.54, 1.807) is 0 Å². The van der Waals surface area contributed by atoms with E-state index in [-0.39, 0.29) is 5.91 Å². The largest absolute Gasteiger partial charge is 0.389 e. The normalized spacial score (nSPS) is 25.2. The van der Waals surface area contributed by atoms with E-state index >= 15 is 0 Å². The summed E-state index contributed by atoms with van der Waals surface area (Å²) in [4.78, 5) is 10.5. The van der Waals surface area contributed by atoms with Crippen LogP contribution in [0.25, 0.3) is 0 Å². The van der Waals surface area contributed by atoms with Crippen molar-refractivity contribution in [1.82, 2.24) is 5.32 Å². The quantitative estimate of drug-likeness (QED) is 0.542. The standard InChI is InChI=1S/C14H28N2O3/c1-11-4-2-5-13(8-11)19-10-12(17)9-16-7-3-6-14(15)18/h11-13,16-17H,2-10H2,1H3,(H2,15,18). The zero-order valence-corrected chi connectivity index (χ0v) is 11.9. The second-order valence-corrected chi connectivity index (χ2v) is 5.65. The monoisotopic (exact) mass is 272 g/mol. The van der Waals surface area contributed by atoms with Gasteiger partial charge in [0.15, 0.2) is 0 Å². The van der Waals surface area contributed by atoms with Crippen molar-refractivity contribution in [1.29, 1.82) is 0 Å². The van der Waals surface area contributed by atoms with Gasteiger partial charge in [-0.2, -0.15) is 0 Å². The number of primary amides is 1. The molecule has 0 saturated heterocycles. The maximum atomic E-state index is 10.5. The van der Waals surface area contributed by atoms with Crippen molar-refractivity contribution in [2.75, 3.05) is 19.7 Å². The first-order valence-electron chi connectivity index (χ1n) is 7.36. The van der Waals surface area contributed by atoms with Gasteiger partial charge in [-0.05, 0) is 31.7 Å². The van der Waals surface area contributed by atoms with Gasteiger partial charge in [-0.3, -0.25) is 4.79 Å². The van der Waals surface area contributed by atoms with Crippen LogP contribution < -0.4 is 11.1 Å². The molecule has 5 nitrogen and oxygen atoms in total. The third-order valence-corrected chi connectivity index (χ3v) is 3.57. The number of carbonyl (C=O) groups is 1. The van der Waals surface area contributed by atoms with Gasteiger partial charge in [0.2, 0.25) is 5.91 Å². The van der Waals surface area contributed by atoms with E-state index < -0.39 is 6.10 Å². The molecule has 0 aliphatic heterocycles.